The van der Waals surface area contributed by atoms with Crippen LogP contribution in [0, 0.1) is 13.8 Å². The Bertz CT molecular complexity index is 1190. The summed E-state index contributed by atoms with van der Waals surface area (Å²) in [7, 11) is 0. The third kappa shape index (κ3) is 5.18. The van der Waals surface area contributed by atoms with Crippen LogP contribution < -0.4 is 10.7 Å². The molecule has 6 nitrogen and oxygen atoms in total. The number of carbonyl (C=O) groups is 1. The minimum atomic E-state index is -0.383. The SMILES string of the molecule is Cc1cc(C)c2oc(C(=O)NC[C@@H](c3ccc(C(C)C)cc3)N3CCOCC3)cc(=O)c2c1. The molecule has 1 amide bonds. The fourth-order valence-corrected chi connectivity index (χ4v) is 4.45. The predicted octanol–water partition coefficient (Wildman–Crippen LogP) is 4.34. The number of hydrogen-bond donors (Lipinski definition) is 1. The van der Waals surface area contributed by atoms with Gasteiger partial charge in [0, 0.05) is 25.7 Å². The van der Waals surface area contributed by atoms with Gasteiger partial charge in [0.2, 0.25) is 0 Å². The van der Waals surface area contributed by atoms with E-state index in [0.29, 0.717) is 36.6 Å². The first kappa shape index (κ1) is 23.2. The summed E-state index contributed by atoms with van der Waals surface area (Å²) >= 11 is 0. The van der Waals surface area contributed by atoms with Crippen molar-refractivity contribution >= 4 is 16.9 Å². The summed E-state index contributed by atoms with van der Waals surface area (Å²) in [5.74, 6) is 0.116. The van der Waals surface area contributed by atoms with E-state index in [2.05, 4.69) is 48.3 Å². The summed E-state index contributed by atoms with van der Waals surface area (Å²) < 4.78 is 11.4. The molecule has 33 heavy (non-hydrogen) atoms. The zero-order chi connectivity index (χ0) is 23.5. The number of hydrogen-bond acceptors (Lipinski definition) is 5. The molecule has 0 radical (unpaired) electrons. The third-order valence-corrected chi connectivity index (χ3v) is 6.31. The Morgan fingerprint density at radius 1 is 1.03 bits per heavy atom. The first-order valence-electron chi connectivity index (χ1n) is 11.6. The van der Waals surface area contributed by atoms with Crippen molar-refractivity contribution in [2.24, 2.45) is 0 Å². The number of morpholine rings is 1. The number of amides is 1. The summed E-state index contributed by atoms with van der Waals surface area (Å²) in [5.41, 5.74) is 4.52. The highest BCUT2D eigenvalue weighted by atomic mass is 16.5. The van der Waals surface area contributed by atoms with Gasteiger partial charge in [-0.1, -0.05) is 44.2 Å². The topological polar surface area (TPSA) is 71.8 Å². The fourth-order valence-electron chi connectivity index (χ4n) is 4.45. The lowest BCUT2D eigenvalue weighted by Gasteiger charge is -2.35. The van der Waals surface area contributed by atoms with E-state index in [0.717, 1.165) is 29.8 Å². The Balaban J connectivity index is 1.57. The number of benzene rings is 2. The molecule has 2 heterocycles. The van der Waals surface area contributed by atoms with Gasteiger partial charge in [0.05, 0.1) is 24.6 Å². The van der Waals surface area contributed by atoms with Gasteiger partial charge < -0.3 is 14.5 Å². The van der Waals surface area contributed by atoms with Crippen LogP contribution in [0.1, 0.15) is 58.6 Å². The molecule has 0 unspecified atom stereocenters. The highest BCUT2D eigenvalue weighted by Gasteiger charge is 2.24. The molecule has 1 fully saturated rings. The lowest BCUT2D eigenvalue weighted by Crippen LogP contribution is -2.43. The molecule has 4 rings (SSSR count). The molecule has 3 aromatic rings. The minimum Gasteiger partial charge on any atom is -0.450 e. The molecule has 0 bridgehead atoms. The van der Waals surface area contributed by atoms with Crippen LogP contribution in [0.3, 0.4) is 0 Å². The van der Waals surface area contributed by atoms with Crippen molar-refractivity contribution in [2.75, 3.05) is 32.8 Å². The van der Waals surface area contributed by atoms with E-state index >= 15 is 0 Å². The lowest BCUT2D eigenvalue weighted by atomic mass is 9.98. The van der Waals surface area contributed by atoms with E-state index in [-0.39, 0.29) is 23.1 Å². The molecule has 1 saturated heterocycles. The first-order chi connectivity index (χ1) is 15.8. The van der Waals surface area contributed by atoms with Gasteiger partial charge in [0.25, 0.3) is 5.91 Å². The molecule has 1 aliphatic heterocycles. The summed E-state index contributed by atoms with van der Waals surface area (Å²) in [6.07, 6.45) is 0. The van der Waals surface area contributed by atoms with Crippen molar-refractivity contribution in [2.45, 2.75) is 39.7 Å². The van der Waals surface area contributed by atoms with Gasteiger partial charge in [0.1, 0.15) is 5.58 Å². The van der Waals surface area contributed by atoms with E-state index in [1.165, 1.54) is 11.6 Å². The normalized spacial score (nSPS) is 15.7. The van der Waals surface area contributed by atoms with Gasteiger partial charge in [-0.3, -0.25) is 14.5 Å². The maximum Gasteiger partial charge on any atom is 0.287 e. The molecule has 0 spiro atoms. The summed E-state index contributed by atoms with van der Waals surface area (Å²) in [6.45, 7) is 11.5. The van der Waals surface area contributed by atoms with Gasteiger partial charge in [-0.05, 0) is 48.1 Å². The van der Waals surface area contributed by atoms with Gasteiger partial charge in [0.15, 0.2) is 11.2 Å². The number of fused-ring (bicyclic) bond motifs is 1. The van der Waals surface area contributed by atoms with Crippen LogP contribution in [0.25, 0.3) is 11.0 Å². The second-order valence-electron chi connectivity index (χ2n) is 9.13. The van der Waals surface area contributed by atoms with Crippen LogP contribution in [-0.4, -0.2) is 43.7 Å². The Labute approximate surface area is 194 Å². The van der Waals surface area contributed by atoms with Crippen molar-refractivity contribution in [1.29, 1.82) is 0 Å². The number of aryl methyl sites for hydroxylation is 2. The second kappa shape index (κ2) is 9.89. The van der Waals surface area contributed by atoms with E-state index in [9.17, 15) is 9.59 Å². The second-order valence-corrected chi connectivity index (χ2v) is 9.13. The summed E-state index contributed by atoms with van der Waals surface area (Å²) in [5, 5.41) is 3.50. The van der Waals surface area contributed by atoms with Crippen molar-refractivity contribution in [3.8, 4) is 0 Å². The number of ether oxygens (including phenoxy) is 1. The van der Waals surface area contributed by atoms with Crippen LogP contribution in [0.5, 0.6) is 0 Å². The number of nitrogens with zero attached hydrogens (tertiary/aromatic N) is 1. The maximum atomic E-state index is 13.0. The van der Waals surface area contributed by atoms with Crippen molar-refractivity contribution < 1.29 is 13.9 Å². The molecular weight excluding hydrogens is 416 g/mol. The largest absolute Gasteiger partial charge is 0.450 e. The Hall–Kier alpha value is -2.96. The Morgan fingerprint density at radius 2 is 1.70 bits per heavy atom. The van der Waals surface area contributed by atoms with Crippen molar-refractivity contribution in [3.05, 3.63) is 80.7 Å². The summed E-state index contributed by atoms with van der Waals surface area (Å²) in [4.78, 5) is 28.0. The molecule has 0 saturated carbocycles. The smallest absolute Gasteiger partial charge is 0.287 e. The van der Waals surface area contributed by atoms with Crippen LogP contribution in [0.2, 0.25) is 0 Å². The zero-order valence-corrected chi connectivity index (χ0v) is 19.8. The monoisotopic (exact) mass is 448 g/mol. The quantitative estimate of drug-likeness (QED) is 0.608. The van der Waals surface area contributed by atoms with Gasteiger partial charge in [-0.2, -0.15) is 0 Å². The van der Waals surface area contributed by atoms with Crippen LogP contribution in [0.4, 0.5) is 0 Å². The third-order valence-electron chi connectivity index (χ3n) is 6.31. The zero-order valence-electron chi connectivity index (χ0n) is 19.8. The highest BCUT2D eigenvalue weighted by molar-refractivity contribution is 5.93. The van der Waals surface area contributed by atoms with Crippen molar-refractivity contribution in [1.82, 2.24) is 10.2 Å². The Morgan fingerprint density at radius 3 is 2.36 bits per heavy atom. The number of rotatable bonds is 6. The average molecular weight is 449 g/mol. The maximum absolute atomic E-state index is 13.0. The highest BCUT2D eigenvalue weighted by Crippen LogP contribution is 2.24. The molecule has 2 aromatic carbocycles. The molecule has 0 aliphatic carbocycles. The molecule has 1 N–H and O–H groups in total. The van der Waals surface area contributed by atoms with E-state index in [4.69, 9.17) is 9.15 Å². The first-order valence-corrected chi connectivity index (χ1v) is 11.6. The van der Waals surface area contributed by atoms with E-state index < -0.39 is 0 Å². The predicted molar refractivity (Wildman–Crippen MR) is 130 cm³/mol. The molecule has 174 valence electrons. The van der Waals surface area contributed by atoms with Gasteiger partial charge in [-0.15, -0.1) is 0 Å². The average Bonchev–Trinajstić information content (AvgIpc) is 2.80. The van der Waals surface area contributed by atoms with Crippen LogP contribution in [0.15, 0.2) is 51.7 Å². The fraction of sp³-hybridized carbons (Fsp3) is 0.407. The molecule has 6 heteroatoms. The van der Waals surface area contributed by atoms with Gasteiger partial charge in [-0.25, -0.2) is 0 Å². The lowest BCUT2D eigenvalue weighted by molar-refractivity contribution is 0.0161. The number of nitrogens with one attached hydrogen (secondary N) is 1. The minimum absolute atomic E-state index is 0.00984. The van der Waals surface area contributed by atoms with Crippen LogP contribution >= 0.6 is 0 Å². The Kier molecular flexibility index (Phi) is 6.96. The standard InChI is InChI=1S/C27H32N2O4/c1-17(2)20-5-7-21(8-6-20)23(29-9-11-32-12-10-29)16-28-27(31)25-15-24(30)22-14-18(3)13-19(4)26(22)33-25/h5-8,13-15,17,23H,9-12,16H2,1-4H3,(H,28,31)/t23-/m0/s1. The van der Waals surface area contributed by atoms with E-state index in [1.807, 2.05) is 19.9 Å². The number of carbonyl (C=O) groups excluding carboxylic acids is 1. The molecule has 1 atom stereocenters. The van der Waals surface area contributed by atoms with Crippen LogP contribution in [-0.2, 0) is 4.74 Å². The molecule has 1 aliphatic rings. The summed E-state index contributed by atoms with van der Waals surface area (Å²) in [6, 6.07) is 13.6. The molecular formula is C27H32N2O4. The molecule has 1 aromatic heterocycles. The van der Waals surface area contributed by atoms with Crippen molar-refractivity contribution in [3.63, 3.8) is 0 Å². The van der Waals surface area contributed by atoms with E-state index in [1.54, 1.807) is 6.07 Å². The van der Waals surface area contributed by atoms with Gasteiger partial charge >= 0.3 is 0 Å².